The predicted octanol–water partition coefficient (Wildman–Crippen LogP) is 4.57. The number of hydrogen-bond donors (Lipinski definition) is 1. The van der Waals surface area contributed by atoms with Gasteiger partial charge < -0.3 is 5.32 Å². The van der Waals surface area contributed by atoms with Gasteiger partial charge in [-0.15, -0.1) is 11.8 Å². The molecule has 0 amide bonds. The summed E-state index contributed by atoms with van der Waals surface area (Å²) in [4.78, 5) is 1.33. The van der Waals surface area contributed by atoms with Gasteiger partial charge in [0.25, 0.3) is 0 Å². The van der Waals surface area contributed by atoms with Gasteiger partial charge in [0.05, 0.1) is 0 Å². The van der Waals surface area contributed by atoms with Crippen LogP contribution >= 0.6 is 27.7 Å². The Kier molecular flexibility index (Phi) is 7.99. The standard InChI is InChI=1S/C14H22BrNS/c1-12(2)6-5-9-16-10-11-17-14-8-4-3-7-13(14)15/h3-4,7-8,12,16H,5-6,9-11H2,1-2H3. The summed E-state index contributed by atoms with van der Waals surface area (Å²) in [6.07, 6.45) is 2.61. The quantitative estimate of drug-likeness (QED) is 0.557. The summed E-state index contributed by atoms with van der Waals surface area (Å²) in [5, 5.41) is 3.49. The molecule has 3 heteroatoms. The third kappa shape index (κ3) is 7.12. The molecule has 0 saturated heterocycles. The zero-order chi connectivity index (χ0) is 12.5. The van der Waals surface area contributed by atoms with E-state index in [1.807, 2.05) is 11.8 Å². The molecule has 1 N–H and O–H groups in total. The van der Waals surface area contributed by atoms with E-state index in [-0.39, 0.29) is 0 Å². The Morgan fingerprint density at radius 1 is 1.24 bits per heavy atom. The number of nitrogens with one attached hydrogen (secondary N) is 1. The van der Waals surface area contributed by atoms with Gasteiger partial charge in [-0.05, 0) is 53.4 Å². The molecule has 0 atom stereocenters. The molecule has 0 aromatic heterocycles. The lowest BCUT2D eigenvalue weighted by Crippen LogP contribution is -2.18. The maximum Gasteiger partial charge on any atom is 0.0311 e. The Labute approximate surface area is 118 Å². The zero-order valence-corrected chi connectivity index (χ0v) is 13.1. The van der Waals surface area contributed by atoms with Gasteiger partial charge in [0.15, 0.2) is 0 Å². The van der Waals surface area contributed by atoms with Crippen LogP contribution in [0.5, 0.6) is 0 Å². The van der Waals surface area contributed by atoms with Crippen LogP contribution in [-0.2, 0) is 0 Å². The van der Waals surface area contributed by atoms with Crippen LogP contribution in [0.3, 0.4) is 0 Å². The van der Waals surface area contributed by atoms with Gasteiger partial charge in [-0.25, -0.2) is 0 Å². The molecule has 0 heterocycles. The SMILES string of the molecule is CC(C)CCCNCCSc1ccccc1Br. The van der Waals surface area contributed by atoms with Crippen molar-refractivity contribution in [1.29, 1.82) is 0 Å². The lowest BCUT2D eigenvalue weighted by atomic mass is 10.1. The topological polar surface area (TPSA) is 12.0 Å². The highest BCUT2D eigenvalue weighted by atomic mass is 79.9. The van der Waals surface area contributed by atoms with Gasteiger partial charge in [-0.1, -0.05) is 26.0 Å². The number of rotatable bonds is 8. The fraction of sp³-hybridized carbons (Fsp3) is 0.571. The van der Waals surface area contributed by atoms with Crippen LogP contribution in [0.2, 0.25) is 0 Å². The fourth-order valence-electron chi connectivity index (χ4n) is 1.56. The van der Waals surface area contributed by atoms with E-state index in [9.17, 15) is 0 Å². The molecule has 0 spiro atoms. The highest BCUT2D eigenvalue weighted by Crippen LogP contribution is 2.26. The smallest absolute Gasteiger partial charge is 0.0311 e. The zero-order valence-electron chi connectivity index (χ0n) is 10.7. The molecule has 0 radical (unpaired) electrons. The lowest BCUT2D eigenvalue weighted by molar-refractivity contribution is 0.534. The summed E-state index contributed by atoms with van der Waals surface area (Å²) in [7, 11) is 0. The summed E-state index contributed by atoms with van der Waals surface area (Å²) >= 11 is 5.47. The molecular formula is C14H22BrNS. The minimum absolute atomic E-state index is 0.825. The molecule has 96 valence electrons. The van der Waals surface area contributed by atoms with Crippen molar-refractivity contribution in [3.63, 3.8) is 0 Å². The van der Waals surface area contributed by atoms with E-state index in [1.54, 1.807) is 0 Å². The van der Waals surface area contributed by atoms with Crippen LogP contribution in [0.15, 0.2) is 33.6 Å². The number of benzene rings is 1. The van der Waals surface area contributed by atoms with Crippen LogP contribution in [0, 0.1) is 5.92 Å². The Balaban J connectivity index is 2.03. The summed E-state index contributed by atoms with van der Waals surface area (Å²) in [6, 6.07) is 8.40. The van der Waals surface area contributed by atoms with Gasteiger partial charge in [0.1, 0.15) is 0 Å². The Bertz CT molecular complexity index is 315. The van der Waals surface area contributed by atoms with Crippen LogP contribution in [0.1, 0.15) is 26.7 Å². The first-order valence-corrected chi connectivity index (χ1v) is 8.06. The molecule has 1 rings (SSSR count). The largest absolute Gasteiger partial charge is 0.316 e. The average Bonchev–Trinajstić information content (AvgIpc) is 2.30. The number of halogens is 1. The first-order valence-electron chi connectivity index (χ1n) is 6.28. The van der Waals surface area contributed by atoms with Crippen molar-refractivity contribution in [2.75, 3.05) is 18.8 Å². The van der Waals surface area contributed by atoms with E-state index in [2.05, 4.69) is 59.4 Å². The molecule has 0 bridgehead atoms. The lowest BCUT2D eigenvalue weighted by Gasteiger charge is -2.07. The van der Waals surface area contributed by atoms with Crippen molar-refractivity contribution in [3.8, 4) is 0 Å². The number of hydrogen-bond acceptors (Lipinski definition) is 2. The van der Waals surface area contributed by atoms with Gasteiger partial charge in [-0.3, -0.25) is 0 Å². The Morgan fingerprint density at radius 3 is 2.71 bits per heavy atom. The molecule has 0 unspecified atom stereocenters. The van der Waals surface area contributed by atoms with E-state index in [0.29, 0.717) is 0 Å². The van der Waals surface area contributed by atoms with E-state index in [1.165, 1.54) is 22.2 Å². The van der Waals surface area contributed by atoms with Crippen molar-refractivity contribution in [2.24, 2.45) is 5.92 Å². The molecule has 0 aliphatic heterocycles. The summed E-state index contributed by atoms with van der Waals surface area (Å²) in [6.45, 7) is 6.80. The second kappa shape index (κ2) is 9.01. The molecule has 0 aliphatic carbocycles. The predicted molar refractivity (Wildman–Crippen MR) is 81.8 cm³/mol. The second-order valence-electron chi connectivity index (χ2n) is 4.56. The van der Waals surface area contributed by atoms with Gasteiger partial charge in [-0.2, -0.15) is 0 Å². The Hall–Kier alpha value is 0.01000. The first kappa shape index (κ1) is 15.1. The average molecular weight is 316 g/mol. The molecular weight excluding hydrogens is 294 g/mol. The highest BCUT2D eigenvalue weighted by molar-refractivity contribution is 9.10. The van der Waals surface area contributed by atoms with Crippen LogP contribution < -0.4 is 5.32 Å². The summed E-state index contributed by atoms with van der Waals surface area (Å²) < 4.78 is 1.20. The van der Waals surface area contributed by atoms with Crippen molar-refractivity contribution in [3.05, 3.63) is 28.7 Å². The molecule has 17 heavy (non-hydrogen) atoms. The molecule has 0 fully saturated rings. The van der Waals surface area contributed by atoms with Crippen LogP contribution in [0.4, 0.5) is 0 Å². The maximum absolute atomic E-state index is 3.56. The minimum Gasteiger partial charge on any atom is -0.316 e. The van der Waals surface area contributed by atoms with E-state index >= 15 is 0 Å². The normalized spacial score (nSPS) is 11.1. The van der Waals surface area contributed by atoms with Crippen LogP contribution in [-0.4, -0.2) is 18.8 Å². The second-order valence-corrected chi connectivity index (χ2v) is 6.56. The van der Waals surface area contributed by atoms with Crippen molar-refractivity contribution in [2.45, 2.75) is 31.6 Å². The minimum atomic E-state index is 0.825. The molecule has 1 nitrogen and oxygen atoms in total. The van der Waals surface area contributed by atoms with E-state index in [0.717, 1.165) is 24.8 Å². The third-order valence-electron chi connectivity index (χ3n) is 2.51. The summed E-state index contributed by atoms with van der Waals surface area (Å²) in [5.41, 5.74) is 0. The molecule has 0 aliphatic rings. The van der Waals surface area contributed by atoms with E-state index < -0.39 is 0 Å². The van der Waals surface area contributed by atoms with Gasteiger partial charge in [0.2, 0.25) is 0 Å². The van der Waals surface area contributed by atoms with Gasteiger partial charge >= 0.3 is 0 Å². The highest BCUT2D eigenvalue weighted by Gasteiger charge is 1.98. The van der Waals surface area contributed by atoms with Crippen molar-refractivity contribution >= 4 is 27.7 Å². The summed E-state index contributed by atoms with van der Waals surface area (Å²) in [5.74, 6) is 1.95. The fourth-order valence-corrected chi connectivity index (χ4v) is 3.03. The first-order chi connectivity index (χ1) is 8.20. The maximum atomic E-state index is 3.56. The van der Waals surface area contributed by atoms with Crippen molar-refractivity contribution in [1.82, 2.24) is 5.32 Å². The van der Waals surface area contributed by atoms with Gasteiger partial charge in [0, 0.05) is 21.7 Å². The molecule has 1 aromatic rings. The van der Waals surface area contributed by atoms with Crippen LogP contribution in [0.25, 0.3) is 0 Å². The third-order valence-corrected chi connectivity index (χ3v) is 4.54. The molecule has 0 saturated carbocycles. The monoisotopic (exact) mass is 315 g/mol. The Morgan fingerprint density at radius 2 is 2.00 bits per heavy atom. The van der Waals surface area contributed by atoms with E-state index in [4.69, 9.17) is 0 Å². The number of thioether (sulfide) groups is 1. The molecule has 1 aromatic carbocycles. The van der Waals surface area contributed by atoms with Crippen molar-refractivity contribution < 1.29 is 0 Å².